The molecular weight excluding hydrogens is 551 g/mol. The zero-order chi connectivity index (χ0) is 28.1. The van der Waals surface area contributed by atoms with Crippen LogP contribution in [0.4, 0.5) is 0 Å². The molecule has 2 heterocycles. The first-order chi connectivity index (χ1) is 19.4. The highest BCUT2D eigenvalue weighted by Crippen LogP contribution is 2.27. The smallest absolute Gasteiger partial charge is 0.351 e. The van der Waals surface area contributed by atoms with Gasteiger partial charge in [-0.05, 0) is 65.9 Å². The maximum Gasteiger partial charge on any atom is 0.351 e. The Kier molecular flexibility index (Phi) is 9.07. The minimum atomic E-state index is -1.31. The fourth-order valence-electron chi connectivity index (χ4n) is 5.04. The van der Waals surface area contributed by atoms with E-state index in [4.69, 9.17) is 32.4 Å². The van der Waals surface area contributed by atoms with E-state index in [-0.39, 0.29) is 12.0 Å². The number of halogens is 2. The second-order valence-corrected chi connectivity index (χ2v) is 10.8. The Balaban J connectivity index is 1.17. The van der Waals surface area contributed by atoms with Gasteiger partial charge in [0.1, 0.15) is 16.9 Å². The molecule has 0 atom stereocenters. The Morgan fingerprint density at radius 2 is 1.50 bits per heavy atom. The Morgan fingerprint density at radius 3 is 2.15 bits per heavy atom. The number of hydrogen-bond donors (Lipinski definition) is 1. The van der Waals surface area contributed by atoms with Crippen molar-refractivity contribution in [3.05, 3.63) is 109 Å². The molecule has 1 saturated heterocycles. The summed E-state index contributed by atoms with van der Waals surface area (Å²) in [6.07, 6.45) is 1.12. The molecule has 0 bridgehead atoms. The lowest BCUT2D eigenvalue weighted by atomic mass is 9.97. The van der Waals surface area contributed by atoms with Crippen molar-refractivity contribution in [1.29, 1.82) is 0 Å². The summed E-state index contributed by atoms with van der Waals surface area (Å²) in [6.45, 7) is 6.44. The molecule has 1 aliphatic rings. The van der Waals surface area contributed by atoms with Crippen molar-refractivity contribution in [2.45, 2.75) is 19.4 Å². The predicted octanol–water partition coefficient (Wildman–Crippen LogP) is 5.98. The van der Waals surface area contributed by atoms with Gasteiger partial charge in [0.05, 0.1) is 6.61 Å². The number of carboxylic acids is 1. The van der Waals surface area contributed by atoms with Crippen LogP contribution in [0.2, 0.25) is 10.0 Å². The van der Waals surface area contributed by atoms with Gasteiger partial charge in [-0.15, -0.1) is 0 Å². The normalized spacial score (nSPS) is 14.4. The van der Waals surface area contributed by atoms with Gasteiger partial charge in [-0.2, -0.15) is 0 Å². The molecule has 1 aliphatic heterocycles. The molecule has 0 amide bonds. The van der Waals surface area contributed by atoms with Gasteiger partial charge in [-0.25, -0.2) is 9.59 Å². The number of piperazine rings is 1. The molecule has 208 valence electrons. The molecule has 40 heavy (non-hydrogen) atoms. The number of rotatable bonds is 10. The average Bonchev–Trinajstić information content (AvgIpc) is 2.94. The van der Waals surface area contributed by atoms with Crippen molar-refractivity contribution in [1.82, 2.24) is 9.80 Å². The molecule has 0 saturated carbocycles. The Bertz CT molecular complexity index is 1530. The zero-order valence-electron chi connectivity index (χ0n) is 21.9. The second-order valence-electron chi connectivity index (χ2n) is 9.96. The third-order valence-corrected chi connectivity index (χ3v) is 7.67. The van der Waals surface area contributed by atoms with Gasteiger partial charge in [0.25, 0.3) is 0 Å². The summed E-state index contributed by atoms with van der Waals surface area (Å²) in [7, 11) is 0. The summed E-state index contributed by atoms with van der Waals surface area (Å²) in [5.41, 5.74) is 1.58. The van der Waals surface area contributed by atoms with Crippen molar-refractivity contribution in [2.24, 2.45) is 0 Å². The summed E-state index contributed by atoms with van der Waals surface area (Å²) in [5.74, 6) is -0.741. The molecule has 9 heteroatoms. The van der Waals surface area contributed by atoms with E-state index in [0.29, 0.717) is 33.9 Å². The maximum absolute atomic E-state index is 12.6. The number of fused-ring (bicyclic) bond motifs is 1. The van der Waals surface area contributed by atoms with Gasteiger partial charge >= 0.3 is 11.6 Å². The molecule has 1 N–H and O–H groups in total. The first-order valence-electron chi connectivity index (χ1n) is 13.2. The predicted molar refractivity (Wildman–Crippen MR) is 157 cm³/mol. The number of ether oxygens (including phenoxy) is 1. The van der Waals surface area contributed by atoms with E-state index >= 15 is 0 Å². The fraction of sp³-hybridized carbons (Fsp3) is 0.290. The van der Waals surface area contributed by atoms with Crippen LogP contribution >= 0.6 is 23.2 Å². The number of carbonyl (C=O) groups is 1. The molecule has 1 fully saturated rings. The third-order valence-electron chi connectivity index (χ3n) is 7.17. The number of nitrogens with zero attached hydrogens (tertiary/aromatic N) is 2. The zero-order valence-corrected chi connectivity index (χ0v) is 23.5. The van der Waals surface area contributed by atoms with Gasteiger partial charge in [-0.1, -0.05) is 47.5 Å². The second kappa shape index (κ2) is 12.9. The molecular formula is C31H30Cl2N2O5. The third kappa shape index (κ3) is 7.04. The monoisotopic (exact) mass is 580 g/mol. The summed E-state index contributed by atoms with van der Waals surface area (Å²) < 4.78 is 11.4. The quantitative estimate of drug-likeness (QED) is 0.182. The van der Waals surface area contributed by atoms with Crippen LogP contribution < -0.4 is 10.4 Å². The lowest BCUT2D eigenvalue weighted by Crippen LogP contribution is -2.46. The Hall–Kier alpha value is -3.36. The molecule has 0 spiro atoms. The highest BCUT2D eigenvalue weighted by atomic mass is 35.5. The first-order valence-corrected chi connectivity index (χ1v) is 14.0. The lowest BCUT2D eigenvalue weighted by Gasteiger charge is -2.34. The number of aromatic carboxylic acids is 1. The van der Waals surface area contributed by atoms with Crippen LogP contribution in [0, 0.1) is 0 Å². The summed E-state index contributed by atoms with van der Waals surface area (Å²) in [5, 5.41) is 11.6. The average molecular weight is 581 g/mol. The van der Waals surface area contributed by atoms with Crippen LogP contribution in [0.3, 0.4) is 0 Å². The van der Waals surface area contributed by atoms with Crippen LogP contribution in [0.1, 0.15) is 33.5 Å². The minimum Gasteiger partial charge on any atom is -0.493 e. The van der Waals surface area contributed by atoms with E-state index in [1.807, 2.05) is 24.3 Å². The number of carboxylic acid groups (broad SMARTS) is 1. The highest BCUT2D eigenvalue weighted by molar-refractivity contribution is 6.30. The van der Waals surface area contributed by atoms with E-state index in [1.54, 1.807) is 30.3 Å². The van der Waals surface area contributed by atoms with Crippen molar-refractivity contribution >= 4 is 40.1 Å². The van der Waals surface area contributed by atoms with Crippen LogP contribution in [0.15, 0.2) is 75.9 Å². The molecule has 0 radical (unpaired) electrons. The van der Waals surface area contributed by atoms with Gasteiger partial charge in [-0.3, -0.25) is 4.90 Å². The van der Waals surface area contributed by atoms with E-state index < -0.39 is 11.6 Å². The van der Waals surface area contributed by atoms with Crippen LogP contribution in [-0.4, -0.2) is 60.2 Å². The van der Waals surface area contributed by atoms with Crippen molar-refractivity contribution in [3.63, 3.8) is 0 Å². The lowest BCUT2D eigenvalue weighted by molar-refractivity contribution is 0.0691. The van der Waals surface area contributed by atoms with E-state index in [2.05, 4.69) is 21.9 Å². The topological polar surface area (TPSA) is 83.2 Å². The van der Waals surface area contributed by atoms with Gasteiger partial charge in [0.15, 0.2) is 0 Å². The van der Waals surface area contributed by atoms with E-state index in [0.717, 1.165) is 56.3 Å². The van der Waals surface area contributed by atoms with Crippen LogP contribution in [-0.2, 0) is 13.0 Å². The van der Waals surface area contributed by atoms with Gasteiger partial charge in [0, 0.05) is 60.8 Å². The van der Waals surface area contributed by atoms with Crippen molar-refractivity contribution in [3.8, 4) is 5.75 Å². The molecule has 5 rings (SSSR count). The van der Waals surface area contributed by atoms with Gasteiger partial charge < -0.3 is 19.2 Å². The van der Waals surface area contributed by atoms with Crippen LogP contribution in [0.5, 0.6) is 5.75 Å². The largest absolute Gasteiger partial charge is 0.493 e. The molecule has 7 nitrogen and oxygen atoms in total. The molecule has 4 aromatic rings. The number of hydrogen-bond acceptors (Lipinski definition) is 6. The summed E-state index contributed by atoms with van der Waals surface area (Å²) >= 11 is 12.0. The van der Waals surface area contributed by atoms with Gasteiger partial charge in [0.2, 0.25) is 0 Å². The summed E-state index contributed by atoms with van der Waals surface area (Å²) in [4.78, 5) is 29.4. The molecule has 0 aliphatic carbocycles. The van der Waals surface area contributed by atoms with Crippen molar-refractivity contribution < 1.29 is 19.1 Å². The standard InChI is InChI=1S/C31H30Cl2N2O5/c32-23-6-2-21(3-7-23)18-27-26-11-10-25(19-28(26)40-31(38)29(27)30(36)37)39-17-1-12-34-13-15-35(16-14-34)20-22-4-8-24(33)9-5-22/h2-11,19H,1,12-18,20H2,(H,36,37). The molecule has 1 aromatic heterocycles. The molecule has 3 aromatic carbocycles. The Labute approximate surface area is 242 Å². The van der Waals surface area contributed by atoms with E-state index in [9.17, 15) is 14.7 Å². The SMILES string of the molecule is O=C(O)c1c(Cc2ccc(Cl)cc2)c2ccc(OCCCN3CCN(Cc4ccc(Cl)cc4)CC3)cc2oc1=O. The number of benzene rings is 3. The van der Waals surface area contributed by atoms with E-state index in [1.165, 1.54) is 5.56 Å². The maximum atomic E-state index is 12.6. The van der Waals surface area contributed by atoms with Crippen LogP contribution in [0.25, 0.3) is 11.0 Å². The minimum absolute atomic E-state index is 0.258. The fourth-order valence-corrected chi connectivity index (χ4v) is 5.29. The highest BCUT2D eigenvalue weighted by Gasteiger charge is 2.21. The molecule has 0 unspecified atom stereocenters. The van der Waals surface area contributed by atoms with Crippen molar-refractivity contribution in [2.75, 3.05) is 39.3 Å². The Morgan fingerprint density at radius 1 is 0.875 bits per heavy atom. The first kappa shape index (κ1) is 28.2. The summed E-state index contributed by atoms with van der Waals surface area (Å²) in [6, 6.07) is 20.3.